The quantitative estimate of drug-likeness (QED) is 0.838. The van der Waals surface area contributed by atoms with E-state index in [9.17, 15) is 10.0 Å². The maximum absolute atomic E-state index is 12.6. The Labute approximate surface area is 133 Å². The lowest BCUT2D eigenvalue weighted by Gasteiger charge is -2.30. The molecule has 1 aromatic heterocycles. The molecule has 2 atom stereocenters. The van der Waals surface area contributed by atoms with Crippen LogP contribution in [0.15, 0.2) is 53.7 Å². The minimum Gasteiger partial charge on any atom is -0.347 e. The van der Waals surface area contributed by atoms with Gasteiger partial charge in [-0.3, -0.25) is 15.0 Å². The average molecular weight is 308 g/mol. The number of aromatic nitrogens is 1. The lowest BCUT2D eigenvalue weighted by atomic mass is 9.92. The summed E-state index contributed by atoms with van der Waals surface area (Å²) in [4.78, 5) is 21.5. The Bertz CT molecular complexity index is 775. The fourth-order valence-corrected chi connectivity index (χ4v) is 3.12. The van der Waals surface area contributed by atoms with Crippen LogP contribution in [-0.2, 0) is 4.79 Å². The SMILES string of the molecule is O=C1N[C@@H](c2ccccc2)CN=C2c3cccnc3N(O)CC12. The molecule has 0 fully saturated rings. The van der Waals surface area contributed by atoms with Gasteiger partial charge in [0.2, 0.25) is 5.91 Å². The van der Waals surface area contributed by atoms with Crippen molar-refractivity contribution in [1.29, 1.82) is 0 Å². The summed E-state index contributed by atoms with van der Waals surface area (Å²) >= 11 is 0. The molecule has 2 N–H and O–H groups in total. The van der Waals surface area contributed by atoms with Gasteiger partial charge in [0.15, 0.2) is 5.82 Å². The first-order valence-electron chi connectivity index (χ1n) is 7.55. The summed E-state index contributed by atoms with van der Waals surface area (Å²) in [7, 11) is 0. The Morgan fingerprint density at radius 3 is 2.83 bits per heavy atom. The molecule has 2 aliphatic rings. The van der Waals surface area contributed by atoms with Gasteiger partial charge in [-0.25, -0.2) is 10.0 Å². The second-order valence-electron chi connectivity index (χ2n) is 5.71. The summed E-state index contributed by atoms with van der Waals surface area (Å²) in [6, 6.07) is 13.3. The number of benzene rings is 1. The van der Waals surface area contributed by atoms with Crippen LogP contribution < -0.4 is 10.4 Å². The van der Waals surface area contributed by atoms with Crippen molar-refractivity contribution in [3.63, 3.8) is 0 Å². The largest absolute Gasteiger partial charge is 0.347 e. The number of hydrogen-bond acceptors (Lipinski definition) is 5. The second-order valence-corrected chi connectivity index (χ2v) is 5.71. The molecule has 116 valence electrons. The minimum absolute atomic E-state index is 0.122. The molecule has 6 nitrogen and oxygen atoms in total. The van der Waals surface area contributed by atoms with Crippen LogP contribution in [0.4, 0.5) is 5.82 Å². The number of anilines is 1. The Morgan fingerprint density at radius 2 is 2.00 bits per heavy atom. The lowest BCUT2D eigenvalue weighted by molar-refractivity contribution is -0.123. The van der Waals surface area contributed by atoms with E-state index in [1.165, 1.54) is 0 Å². The average Bonchev–Trinajstić information content (AvgIpc) is 2.76. The van der Waals surface area contributed by atoms with Gasteiger partial charge in [0, 0.05) is 11.8 Å². The molecule has 0 radical (unpaired) electrons. The van der Waals surface area contributed by atoms with Crippen LogP contribution in [0.5, 0.6) is 0 Å². The number of nitrogens with one attached hydrogen (secondary N) is 1. The van der Waals surface area contributed by atoms with Gasteiger partial charge in [-0.15, -0.1) is 0 Å². The molecule has 0 saturated heterocycles. The Balaban J connectivity index is 1.74. The van der Waals surface area contributed by atoms with E-state index in [1.807, 2.05) is 36.4 Å². The van der Waals surface area contributed by atoms with E-state index in [2.05, 4.69) is 15.3 Å². The molecule has 6 heteroatoms. The first kappa shape index (κ1) is 13.9. The number of hydrogen-bond donors (Lipinski definition) is 2. The van der Waals surface area contributed by atoms with Crippen molar-refractivity contribution in [2.45, 2.75) is 6.04 Å². The van der Waals surface area contributed by atoms with Crippen LogP contribution in [-0.4, -0.2) is 34.9 Å². The van der Waals surface area contributed by atoms with Crippen molar-refractivity contribution in [2.75, 3.05) is 18.2 Å². The summed E-state index contributed by atoms with van der Waals surface area (Å²) in [6.45, 7) is 0.636. The highest BCUT2D eigenvalue weighted by Crippen LogP contribution is 2.29. The normalized spacial score (nSPS) is 23.3. The molecule has 2 aliphatic heterocycles. The van der Waals surface area contributed by atoms with E-state index in [1.54, 1.807) is 12.3 Å². The second kappa shape index (κ2) is 5.48. The molecule has 0 bridgehead atoms. The number of amides is 1. The van der Waals surface area contributed by atoms with Crippen LogP contribution in [0.25, 0.3) is 0 Å². The summed E-state index contributed by atoms with van der Waals surface area (Å²) in [5.41, 5.74) is 2.44. The van der Waals surface area contributed by atoms with Crippen LogP contribution in [0.3, 0.4) is 0 Å². The van der Waals surface area contributed by atoms with E-state index in [0.717, 1.165) is 16.2 Å². The number of nitrogens with zero attached hydrogens (tertiary/aromatic N) is 3. The zero-order valence-electron chi connectivity index (χ0n) is 12.4. The van der Waals surface area contributed by atoms with Gasteiger partial charge >= 0.3 is 0 Å². The molecule has 1 unspecified atom stereocenters. The number of rotatable bonds is 1. The number of pyridine rings is 1. The van der Waals surface area contributed by atoms with Crippen LogP contribution in [0.2, 0.25) is 0 Å². The minimum atomic E-state index is -0.495. The van der Waals surface area contributed by atoms with E-state index in [4.69, 9.17) is 0 Å². The van der Waals surface area contributed by atoms with Gasteiger partial charge in [-0.05, 0) is 17.7 Å². The summed E-state index contributed by atoms with van der Waals surface area (Å²) in [5, 5.41) is 14.2. The standard InChI is InChI=1S/C17H16N4O2/c22-17-13-10-21(23)16-12(7-4-8-18-16)15(13)19-9-14(20-17)11-5-2-1-3-6-11/h1-8,13-14,23H,9-10H2,(H,20,22)/t13?,14-/m1/s1. The predicted molar refractivity (Wildman–Crippen MR) is 85.6 cm³/mol. The number of hydroxylamine groups is 1. The first-order valence-corrected chi connectivity index (χ1v) is 7.55. The molecular formula is C17H16N4O2. The van der Waals surface area contributed by atoms with Crippen molar-refractivity contribution >= 4 is 17.4 Å². The number of aliphatic imine (C=N–C) groups is 1. The smallest absolute Gasteiger partial charge is 0.231 e. The molecule has 4 rings (SSSR count). The van der Waals surface area contributed by atoms with Crippen molar-refractivity contribution < 1.29 is 10.0 Å². The number of fused-ring (bicyclic) bond motifs is 3. The van der Waals surface area contributed by atoms with Crippen LogP contribution >= 0.6 is 0 Å². The molecule has 3 heterocycles. The molecule has 1 aromatic carbocycles. The van der Waals surface area contributed by atoms with Gasteiger partial charge in [0.25, 0.3) is 0 Å². The van der Waals surface area contributed by atoms with E-state index in [-0.39, 0.29) is 18.5 Å². The van der Waals surface area contributed by atoms with Crippen molar-refractivity contribution in [3.8, 4) is 0 Å². The highest BCUT2D eigenvalue weighted by atomic mass is 16.5. The topological polar surface area (TPSA) is 77.8 Å². The van der Waals surface area contributed by atoms with Gasteiger partial charge in [-0.2, -0.15) is 0 Å². The predicted octanol–water partition coefficient (Wildman–Crippen LogP) is 1.57. The van der Waals surface area contributed by atoms with E-state index < -0.39 is 5.92 Å². The highest BCUT2D eigenvalue weighted by molar-refractivity contribution is 6.17. The Morgan fingerprint density at radius 1 is 1.17 bits per heavy atom. The molecule has 23 heavy (non-hydrogen) atoms. The van der Waals surface area contributed by atoms with Crippen molar-refractivity contribution in [2.24, 2.45) is 10.9 Å². The van der Waals surface area contributed by atoms with Gasteiger partial charge in [-0.1, -0.05) is 30.3 Å². The summed E-state index contributed by atoms with van der Waals surface area (Å²) in [5.74, 6) is -0.164. The molecule has 0 spiro atoms. The van der Waals surface area contributed by atoms with Gasteiger partial charge in [0.05, 0.1) is 24.8 Å². The monoisotopic (exact) mass is 308 g/mol. The van der Waals surface area contributed by atoms with Crippen LogP contribution in [0.1, 0.15) is 17.2 Å². The third kappa shape index (κ3) is 2.37. The fourth-order valence-electron chi connectivity index (χ4n) is 3.12. The molecule has 1 amide bonds. The third-order valence-electron chi connectivity index (χ3n) is 4.27. The molecule has 2 aromatic rings. The maximum atomic E-state index is 12.6. The maximum Gasteiger partial charge on any atom is 0.231 e. The van der Waals surface area contributed by atoms with E-state index in [0.29, 0.717) is 18.1 Å². The first-order chi connectivity index (χ1) is 11.2. The Hall–Kier alpha value is -2.73. The number of carbonyl (C=O) groups is 1. The fraction of sp³-hybridized carbons (Fsp3) is 0.235. The van der Waals surface area contributed by atoms with Crippen molar-refractivity contribution in [3.05, 3.63) is 59.8 Å². The number of carbonyl (C=O) groups excluding carboxylic acids is 1. The molecule has 0 aliphatic carbocycles. The summed E-state index contributed by atoms with van der Waals surface area (Å²) in [6.07, 6.45) is 1.62. The Kier molecular flexibility index (Phi) is 3.31. The highest BCUT2D eigenvalue weighted by Gasteiger charge is 2.37. The summed E-state index contributed by atoms with van der Waals surface area (Å²) < 4.78 is 0. The zero-order chi connectivity index (χ0) is 15.8. The van der Waals surface area contributed by atoms with Crippen molar-refractivity contribution in [1.82, 2.24) is 10.3 Å². The molecule has 0 saturated carbocycles. The van der Waals surface area contributed by atoms with Gasteiger partial charge in [0.1, 0.15) is 5.92 Å². The third-order valence-corrected chi connectivity index (χ3v) is 4.27. The molecular weight excluding hydrogens is 292 g/mol. The van der Waals surface area contributed by atoms with E-state index >= 15 is 0 Å². The van der Waals surface area contributed by atoms with Gasteiger partial charge < -0.3 is 5.32 Å². The zero-order valence-corrected chi connectivity index (χ0v) is 12.4. The van der Waals surface area contributed by atoms with Crippen LogP contribution in [0, 0.1) is 5.92 Å². The lowest BCUT2D eigenvalue weighted by Crippen LogP contribution is -2.45.